The number of amides is 2. The molecule has 0 atom stereocenters. The van der Waals surface area contributed by atoms with E-state index in [2.05, 4.69) is 10.6 Å². The highest BCUT2D eigenvalue weighted by Crippen LogP contribution is 2.37. The molecule has 25 heavy (non-hydrogen) atoms. The smallest absolute Gasteiger partial charge is 0.290 e. The first-order valence-electron chi connectivity index (χ1n) is 7.81. The number of rotatable bonds is 4. The quantitative estimate of drug-likeness (QED) is 0.505. The van der Waals surface area contributed by atoms with Crippen molar-refractivity contribution in [3.05, 3.63) is 60.9 Å². The Bertz CT molecular complexity index is 939. The Morgan fingerprint density at radius 1 is 0.960 bits per heavy atom. The number of phenols is 1. The van der Waals surface area contributed by atoms with Crippen molar-refractivity contribution in [2.24, 2.45) is 0 Å². The Balaban J connectivity index is 1.90. The predicted octanol–water partition coefficient (Wildman–Crippen LogP) is 2.43. The maximum atomic E-state index is 12.2. The Kier molecular flexibility index (Phi) is 4.61. The van der Waals surface area contributed by atoms with E-state index in [-0.39, 0.29) is 24.1 Å². The van der Waals surface area contributed by atoms with Crippen molar-refractivity contribution in [2.45, 2.75) is 13.5 Å². The van der Waals surface area contributed by atoms with Crippen LogP contribution < -0.4 is 15.2 Å². The van der Waals surface area contributed by atoms with Crippen molar-refractivity contribution in [2.75, 3.05) is 10.6 Å². The summed E-state index contributed by atoms with van der Waals surface area (Å²) < 4.78 is 1.73. The van der Waals surface area contributed by atoms with Gasteiger partial charge in [-0.15, -0.1) is 0 Å². The van der Waals surface area contributed by atoms with Crippen molar-refractivity contribution >= 4 is 34.0 Å². The molecule has 0 saturated heterocycles. The van der Waals surface area contributed by atoms with Crippen LogP contribution in [0.3, 0.4) is 0 Å². The fourth-order valence-electron chi connectivity index (χ4n) is 2.65. The summed E-state index contributed by atoms with van der Waals surface area (Å²) in [6.07, 6.45) is 3.57. The molecule has 3 N–H and O–H groups in total. The highest BCUT2D eigenvalue weighted by atomic mass is 16.3. The van der Waals surface area contributed by atoms with Crippen LogP contribution in [0.4, 0.5) is 11.4 Å². The molecule has 2 amide bonds. The average Bonchev–Trinajstić information content (AvgIpc) is 2.58. The molecule has 0 aliphatic heterocycles. The van der Waals surface area contributed by atoms with Crippen LogP contribution in [0.25, 0.3) is 10.8 Å². The van der Waals surface area contributed by atoms with Gasteiger partial charge in [0.15, 0.2) is 12.4 Å². The van der Waals surface area contributed by atoms with Crippen LogP contribution >= 0.6 is 0 Å². The minimum Gasteiger partial charge on any atom is -0.505 e. The zero-order valence-electron chi connectivity index (χ0n) is 13.7. The highest BCUT2D eigenvalue weighted by molar-refractivity contribution is 6.08. The number of anilines is 2. The first-order valence-corrected chi connectivity index (χ1v) is 7.81. The van der Waals surface area contributed by atoms with Gasteiger partial charge in [-0.2, -0.15) is 4.57 Å². The van der Waals surface area contributed by atoms with Crippen LogP contribution in [-0.4, -0.2) is 16.9 Å². The van der Waals surface area contributed by atoms with E-state index in [1.54, 1.807) is 41.2 Å². The summed E-state index contributed by atoms with van der Waals surface area (Å²) in [7, 11) is 0. The monoisotopic (exact) mass is 336 g/mol. The molecule has 6 heteroatoms. The van der Waals surface area contributed by atoms with Gasteiger partial charge in [0.05, 0.1) is 11.4 Å². The summed E-state index contributed by atoms with van der Waals surface area (Å²) in [5, 5.41) is 17.2. The van der Waals surface area contributed by atoms with Gasteiger partial charge < -0.3 is 15.7 Å². The summed E-state index contributed by atoms with van der Waals surface area (Å²) in [6.45, 7) is 1.53. The summed E-state index contributed by atoms with van der Waals surface area (Å²) in [5.41, 5.74) is 0.794. The third kappa shape index (κ3) is 3.74. The Morgan fingerprint density at radius 3 is 2.44 bits per heavy atom. The maximum absolute atomic E-state index is 12.2. The Hall–Kier alpha value is -3.41. The van der Waals surface area contributed by atoms with Crippen molar-refractivity contribution in [3.63, 3.8) is 0 Å². The number of hydrogen-bond donors (Lipinski definition) is 3. The minimum atomic E-state index is -0.261. The number of phenolic OH excluding ortho intramolecular Hbond substituents is 1. The van der Waals surface area contributed by atoms with Crippen LogP contribution in [0.2, 0.25) is 0 Å². The van der Waals surface area contributed by atoms with E-state index in [1.165, 1.54) is 6.92 Å². The van der Waals surface area contributed by atoms with Gasteiger partial charge >= 0.3 is 0 Å². The third-order valence-electron chi connectivity index (χ3n) is 3.71. The molecule has 126 valence electrons. The summed E-state index contributed by atoms with van der Waals surface area (Å²) >= 11 is 0. The van der Waals surface area contributed by atoms with E-state index in [0.29, 0.717) is 16.8 Å². The second-order valence-electron chi connectivity index (χ2n) is 5.64. The number of benzene rings is 2. The SMILES string of the molecule is CC(=O)Nc1cccc2ccc(NC(=O)C[n+]3ccccc3)c(O)c12. The van der Waals surface area contributed by atoms with Gasteiger partial charge in [-0.05, 0) is 17.5 Å². The van der Waals surface area contributed by atoms with Gasteiger partial charge in [0.25, 0.3) is 5.91 Å². The van der Waals surface area contributed by atoms with E-state index >= 15 is 0 Å². The minimum absolute atomic E-state index is 0.0757. The first-order chi connectivity index (χ1) is 12.0. The van der Waals surface area contributed by atoms with E-state index in [4.69, 9.17) is 0 Å². The second kappa shape index (κ2) is 7.00. The number of carbonyl (C=O) groups excluding carboxylic acids is 2. The van der Waals surface area contributed by atoms with Gasteiger partial charge in [-0.3, -0.25) is 9.59 Å². The molecule has 6 nitrogen and oxygen atoms in total. The van der Waals surface area contributed by atoms with Crippen LogP contribution in [0.15, 0.2) is 60.9 Å². The number of carbonyl (C=O) groups is 2. The summed E-state index contributed by atoms with van der Waals surface area (Å²) in [5.74, 6) is -0.571. The molecule has 0 aliphatic carbocycles. The normalized spacial score (nSPS) is 10.4. The maximum Gasteiger partial charge on any atom is 0.290 e. The molecule has 3 aromatic rings. The number of aromatic nitrogens is 1. The fourth-order valence-corrected chi connectivity index (χ4v) is 2.65. The van der Waals surface area contributed by atoms with E-state index < -0.39 is 0 Å². The molecule has 0 saturated carbocycles. The molecule has 0 fully saturated rings. The number of nitrogens with one attached hydrogen (secondary N) is 2. The van der Waals surface area contributed by atoms with Crippen molar-refractivity contribution in [1.82, 2.24) is 0 Å². The second-order valence-corrected chi connectivity index (χ2v) is 5.64. The molecule has 2 aromatic carbocycles. The first kappa shape index (κ1) is 16.4. The fraction of sp³-hybridized carbons (Fsp3) is 0.105. The van der Waals surface area contributed by atoms with Crippen molar-refractivity contribution < 1.29 is 19.3 Å². The lowest BCUT2D eigenvalue weighted by molar-refractivity contribution is -0.684. The van der Waals surface area contributed by atoms with E-state index in [9.17, 15) is 14.7 Å². The van der Waals surface area contributed by atoms with Crippen molar-refractivity contribution in [1.29, 1.82) is 0 Å². The summed E-state index contributed by atoms with van der Waals surface area (Å²) in [6, 6.07) is 14.3. The van der Waals surface area contributed by atoms with Gasteiger partial charge in [-0.1, -0.05) is 24.3 Å². The standard InChI is InChI=1S/C19H17N3O3/c1-13(23)20-15-7-5-6-14-8-9-16(19(25)18(14)15)21-17(24)12-22-10-3-2-4-11-22/h2-11H,12H2,1H3,(H2-,20,21,23,24,25)/p+1. The molecule has 0 unspecified atom stereocenters. The lowest BCUT2D eigenvalue weighted by atomic mass is 10.1. The molecule has 3 rings (SSSR count). The Labute approximate surface area is 144 Å². The van der Waals surface area contributed by atoms with Gasteiger partial charge in [-0.25, -0.2) is 0 Å². The topological polar surface area (TPSA) is 82.3 Å². The zero-order valence-corrected chi connectivity index (χ0v) is 13.7. The van der Waals surface area contributed by atoms with Crippen LogP contribution in [0, 0.1) is 0 Å². The average molecular weight is 336 g/mol. The molecule has 0 radical (unpaired) electrons. The highest BCUT2D eigenvalue weighted by Gasteiger charge is 2.15. The van der Waals surface area contributed by atoms with Crippen LogP contribution in [0.5, 0.6) is 5.75 Å². The molecule has 0 aliphatic rings. The van der Waals surface area contributed by atoms with E-state index in [1.807, 2.05) is 24.3 Å². The molecule has 0 bridgehead atoms. The van der Waals surface area contributed by atoms with Gasteiger partial charge in [0, 0.05) is 24.4 Å². The molecule has 1 heterocycles. The van der Waals surface area contributed by atoms with Crippen molar-refractivity contribution in [3.8, 4) is 5.75 Å². The Morgan fingerprint density at radius 2 is 1.72 bits per heavy atom. The molecule has 1 aromatic heterocycles. The molecule has 0 spiro atoms. The molecular formula is C19H18N3O3+. The number of hydrogen-bond acceptors (Lipinski definition) is 3. The van der Waals surface area contributed by atoms with Gasteiger partial charge in [0.1, 0.15) is 5.75 Å². The van der Waals surface area contributed by atoms with Gasteiger partial charge in [0.2, 0.25) is 12.5 Å². The van der Waals surface area contributed by atoms with E-state index in [0.717, 1.165) is 5.39 Å². The third-order valence-corrected chi connectivity index (χ3v) is 3.71. The predicted molar refractivity (Wildman–Crippen MR) is 95.2 cm³/mol. The molecular weight excluding hydrogens is 318 g/mol. The summed E-state index contributed by atoms with van der Waals surface area (Å²) in [4.78, 5) is 23.6. The lowest BCUT2D eigenvalue weighted by Gasteiger charge is -2.12. The number of nitrogens with zero attached hydrogens (tertiary/aromatic N) is 1. The van der Waals surface area contributed by atoms with Crippen LogP contribution in [-0.2, 0) is 16.1 Å². The zero-order chi connectivity index (χ0) is 17.8. The number of pyridine rings is 1. The van der Waals surface area contributed by atoms with Crippen LogP contribution in [0.1, 0.15) is 6.92 Å². The largest absolute Gasteiger partial charge is 0.505 e. The number of aromatic hydroxyl groups is 1. The lowest BCUT2D eigenvalue weighted by Crippen LogP contribution is -2.39. The number of fused-ring (bicyclic) bond motifs is 1.